The first-order chi connectivity index (χ1) is 9.43. The van der Waals surface area contributed by atoms with E-state index in [1.54, 1.807) is 0 Å². The topological polar surface area (TPSA) is 24.5 Å². The van der Waals surface area contributed by atoms with E-state index in [1.165, 1.54) is 38.0 Å². The number of piperidine rings is 1. The summed E-state index contributed by atoms with van der Waals surface area (Å²) in [6.07, 6.45) is 2.69. The van der Waals surface area contributed by atoms with Crippen molar-refractivity contribution in [2.45, 2.75) is 18.9 Å². The fraction of sp³-hybridized carbons (Fsp3) is 0.625. The predicted octanol–water partition coefficient (Wildman–Crippen LogP) is 2.48. The summed E-state index contributed by atoms with van der Waals surface area (Å²) in [5.41, 5.74) is 1.39. The van der Waals surface area contributed by atoms with Crippen molar-refractivity contribution in [1.29, 1.82) is 0 Å². The van der Waals surface area contributed by atoms with E-state index in [9.17, 15) is 0 Å². The molecule has 112 valence electrons. The lowest BCUT2D eigenvalue weighted by molar-refractivity contribution is -0.0168. The molecular formula is C16H25ClN2O. The second kappa shape index (κ2) is 7.99. The Bertz CT molecular complexity index is 381. The van der Waals surface area contributed by atoms with Gasteiger partial charge in [-0.1, -0.05) is 30.3 Å². The fourth-order valence-electron chi connectivity index (χ4n) is 3.25. The average molecular weight is 297 g/mol. The zero-order valence-electron chi connectivity index (χ0n) is 12.0. The van der Waals surface area contributed by atoms with Crippen molar-refractivity contribution in [2.24, 2.45) is 5.92 Å². The summed E-state index contributed by atoms with van der Waals surface area (Å²) in [6.45, 7) is 6.36. The molecule has 0 spiro atoms. The van der Waals surface area contributed by atoms with Gasteiger partial charge in [-0.15, -0.1) is 12.4 Å². The molecular weight excluding hydrogens is 272 g/mol. The lowest BCUT2D eigenvalue weighted by atomic mass is 9.97. The van der Waals surface area contributed by atoms with E-state index in [1.807, 2.05) is 0 Å². The van der Waals surface area contributed by atoms with Gasteiger partial charge in [-0.25, -0.2) is 0 Å². The molecule has 1 aromatic carbocycles. The van der Waals surface area contributed by atoms with E-state index in [4.69, 9.17) is 4.74 Å². The third-order valence-electron chi connectivity index (χ3n) is 4.32. The van der Waals surface area contributed by atoms with Crippen LogP contribution >= 0.6 is 12.4 Å². The molecule has 4 heteroatoms. The summed E-state index contributed by atoms with van der Waals surface area (Å²) < 4.78 is 5.70. The Hall–Kier alpha value is -0.610. The standard InChI is InChI=1S/C16H24N2O.ClH/c1-2-6-15(7-3-1)16-13-19-10-9-18(16)12-14-5-4-8-17-11-14;/h1-3,6-7,14,16-17H,4-5,8-13H2;1H. The number of morpholine rings is 1. The van der Waals surface area contributed by atoms with Crippen molar-refractivity contribution in [3.8, 4) is 0 Å². The van der Waals surface area contributed by atoms with Gasteiger partial charge in [-0.05, 0) is 37.4 Å². The Balaban J connectivity index is 0.00000147. The van der Waals surface area contributed by atoms with Crippen LogP contribution in [0.15, 0.2) is 30.3 Å². The Morgan fingerprint density at radius 2 is 2.10 bits per heavy atom. The van der Waals surface area contributed by atoms with Crippen LogP contribution in [-0.4, -0.2) is 44.3 Å². The summed E-state index contributed by atoms with van der Waals surface area (Å²) in [5, 5.41) is 3.52. The van der Waals surface area contributed by atoms with Crippen LogP contribution < -0.4 is 5.32 Å². The zero-order valence-corrected chi connectivity index (χ0v) is 12.8. The highest BCUT2D eigenvalue weighted by molar-refractivity contribution is 5.85. The SMILES string of the molecule is Cl.c1ccc(C2COCCN2CC2CCCNC2)cc1. The molecule has 3 rings (SSSR count). The van der Waals surface area contributed by atoms with Crippen molar-refractivity contribution in [3.05, 3.63) is 35.9 Å². The van der Waals surface area contributed by atoms with Crippen LogP contribution in [0.2, 0.25) is 0 Å². The maximum atomic E-state index is 5.70. The Kier molecular flexibility index (Phi) is 6.30. The van der Waals surface area contributed by atoms with Gasteiger partial charge in [0.1, 0.15) is 0 Å². The summed E-state index contributed by atoms with van der Waals surface area (Å²) in [4.78, 5) is 2.62. The van der Waals surface area contributed by atoms with Gasteiger partial charge in [0, 0.05) is 13.1 Å². The normalized spacial score (nSPS) is 27.8. The summed E-state index contributed by atoms with van der Waals surface area (Å²) in [7, 11) is 0. The van der Waals surface area contributed by atoms with Crippen molar-refractivity contribution >= 4 is 12.4 Å². The van der Waals surface area contributed by atoms with Gasteiger partial charge >= 0.3 is 0 Å². The number of nitrogens with one attached hydrogen (secondary N) is 1. The zero-order chi connectivity index (χ0) is 12.9. The summed E-state index contributed by atoms with van der Waals surface area (Å²) in [6, 6.07) is 11.2. The van der Waals surface area contributed by atoms with Crippen LogP contribution in [0.5, 0.6) is 0 Å². The van der Waals surface area contributed by atoms with E-state index in [2.05, 4.69) is 40.5 Å². The van der Waals surface area contributed by atoms with E-state index >= 15 is 0 Å². The third kappa shape index (κ3) is 3.95. The quantitative estimate of drug-likeness (QED) is 0.927. The average Bonchev–Trinajstić information content (AvgIpc) is 2.50. The first kappa shape index (κ1) is 15.8. The number of ether oxygens (including phenoxy) is 1. The number of rotatable bonds is 3. The fourth-order valence-corrected chi connectivity index (χ4v) is 3.25. The van der Waals surface area contributed by atoms with Gasteiger partial charge in [0.05, 0.1) is 19.3 Å². The smallest absolute Gasteiger partial charge is 0.0664 e. The second-order valence-corrected chi connectivity index (χ2v) is 5.71. The first-order valence-corrected chi connectivity index (χ1v) is 7.51. The summed E-state index contributed by atoms with van der Waals surface area (Å²) in [5.74, 6) is 0.804. The molecule has 2 heterocycles. The van der Waals surface area contributed by atoms with Crippen molar-refractivity contribution in [3.63, 3.8) is 0 Å². The van der Waals surface area contributed by atoms with Crippen LogP contribution in [0, 0.1) is 5.92 Å². The maximum absolute atomic E-state index is 5.70. The third-order valence-corrected chi connectivity index (χ3v) is 4.32. The highest BCUT2D eigenvalue weighted by atomic mass is 35.5. The lowest BCUT2D eigenvalue weighted by Gasteiger charge is -2.39. The molecule has 0 aliphatic carbocycles. The molecule has 2 atom stereocenters. The number of benzene rings is 1. The van der Waals surface area contributed by atoms with Crippen LogP contribution in [0.4, 0.5) is 0 Å². The van der Waals surface area contributed by atoms with Crippen LogP contribution in [-0.2, 0) is 4.74 Å². The van der Waals surface area contributed by atoms with Gasteiger partial charge in [0.25, 0.3) is 0 Å². The minimum atomic E-state index is 0. The van der Waals surface area contributed by atoms with Crippen LogP contribution in [0.1, 0.15) is 24.4 Å². The van der Waals surface area contributed by atoms with Gasteiger partial charge in [-0.2, -0.15) is 0 Å². The van der Waals surface area contributed by atoms with Crippen molar-refractivity contribution < 1.29 is 4.74 Å². The first-order valence-electron chi connectivity index (χ1n) is 7.51. The second-order valence-electron chi connectivity index (χ2n) is 5.71. The minimum absolute atomic E-state index is 0. The number of hydrogen-bond donors (Lipinski definition) is 1. The van der Waals surface area contributed by atoms with Crippen molar-refractivity contribution in [1.82, 2.24) is 10.2 Å². The molecule has 1 N–H and O–H groups in total. The molecule has 2 saturated heterocycles. The predicted molar refractivity (Wildman–Crippen MR) is 84.4 cm³/mol. The molecule has 3 nitrogen and oxygen atoms in total. The Labute approximate surface area is 128 Å². The number of halogens is 1. The molecule has 2 aliphatic heterocycles. The van der Waals surface area contributed by atoms with Gasteiger partial charge in [-0.3, -0.25) is 4.90 Å². The largest absolute Gasteiger partial charge is 0.378 e. The lowest BCUT2D eigenvalue weighted by Crippen LogP contribution is -2.45. The molecule has 20 heavy (non-hydrogen) atoms. The molecule has 0 aromatic heterocycles. The minimum Gasteiger partial charge on any atom is -0.378 e. The Morgan fingerprint density at radius 1 is 1.25 bits per heavy atom. The van der Waals surface area contributed by atoms with Gasteiger partial charge < -0.3 is 10.1 Å². The van der Waals surface area contributed by atoms with E-state index in [0.29, 0.717) is 6.04 Å². The molecule has 0 amide bonds. The van der Waals surface area contributed by atoms with E-state index < -0.39 is 0 Å². The Morgan fingerprint density at radius 3 is 2.85 bits per heavy atom. The van der Waals surface area contributed by atoms with Crippen LogP contribution in [0.25, 0.3) is 0 Å². The maximum Gasteiger partial charge on any atom is 0.0664 e. The van der Waals surface area contributed by atoms with E-state index in [-0.39, 0.29) is 12.4 Å². The van der Waals surface area contributed by atoms with Crippen LogP contribution in [0.3, 0.4) is 0 Å². The number of hydrogen-bond acceptors (Lipinski definition) is 3. The molecule has 2 fully saturated rings. The molecule has 0 saturated carbocycles. The van der Waals surface area contributed by atoms with Gasteiger partial charge in [0.15, 0.2) is 0 Å². The molecule has 0 radical (unpaired) electrons. The van der Waals surface area contributed by atoms with Gasteiger partial charge in [0.2, 0.25) is 0 Å². The number of nitrogens with zero attached hydrogens (tertiary/aromatic N) is 1. The molecule has 0 bridgehead atoms. The van der Waals surface area contributed by atoms with E-state index in [0.717, 1.165) is 25.7 Å². The highest BCUT2D eigenvalue weighted by Gasteiger charge is 2.27. The molecule has 2 unspecified atom stereocenters. The summed E-state index contributed by atoms with van der Waals surface area (Å²) >= 11 is 0. The molecule has 1 aromatic rings. The molecule has 2 aliphatic rings. The highest BCUT2D eigenvalue weighted by Crippen LogP contribution is 2.26. The van der Waals surface area contributed by atoms with Crippen molar-refractivity contribution in [2.75, 3.05) is 39.4 Å². The monoisotopic (exact) mass is 296 g/mol.